The predicted octanol–water partition coefficient (Wildman–Crippen LogP) is 3.05. The standard InChI is InChI=1S/C20H21N3O3/c24-19-12-15(22-20(25)21-14-6-7-14)13-23(19)16-8-10-18(11-9-16)26-17-4-2-1-3-5-17/h1-5,8-11,14-15H,6-7,12-13H2,(H2,21,22,25). The molecule has 0 radical (unpaired) electrons. The first-order chi connectivity index (χ1) is 12.7. The minimum atomic E-state index is -0.182. The van der Waals surface area contributed by atoms with E-state index < -0.39 is 0 Å². The van der Waals surface area contributed by atoms with Gasteiger partial charge in [-0.2, -0.15) is 0 Å². The van der Waals surface area contributed by atoms with Crippen LogP contribution in [0.4, 0.5) is 10.5 Å². The smallest absolute Gasteiger partial charge is 0.315 e. The molecule has 1 aliphatic heterocycles. The van der Waals surface area contributed by atoms with Crippen LogP contribution in [0.3, 0.4) is 0 Å². The van der Waals surface area contributed by atoms with Crippen molar-refractivity contribution in [2.24, 2.45) is 0 Å². The number of amides is 3. The lowest BCUT2D eigenvalue weighted by molar-refractivity contribution is -0.117. The van der Waals surface area contributed by atoms with Crippen molar-refractivity contribution in [3.05, 3.63) is 54.6 Å². The quantitative estimate of drug-likeness (QED) is 0.870. The molecule has 0 aromatic heterocycles. The number of nitrogens with zero attached hydrogens (tertiary/aromatic N) is 1. The second-order valence-corrected chi connectivity index (χ2v) is 6.71. The predicted molar refractivity (Wildman–Crippen MR) is 98.4 cm³/mol. The Morgan fingerprint density at radius 2 is 1.58 bits per heavy atom. The second kappa shape index (κ2) is 7.07. The van der Waals surface area contributed by atoms with Gasteiger partial charge < -0.3 is 20.3 Å². The molecule has 4 rings (SSSR count). The van der Waals surface area contributed by atoms with Crippen molar-refractivity contribution in [1.82, 2.24) is 10.6 Å². The van der Waals surface area contributed by atoms with Gasteiger partial charge in [-0.15, -0.1) is 0 Å². The number of nitrogens with one attached hydrogen (secondary N) is 2. The zero-order chi connectivity index (χ0) is 17.9. The Morgan fingerprint density at radius 3 is 2.27 bits per heavy atom. The van der Waals surface area contributed by atoms with Crippen molar-refractivity contribution in [3.8, 4) is 11.5 Å². The van der Waals surface area contributed by atoms with Crippen LogP contribution in [-0.2, 0) is 4.79 Å². The maximum Gasteiger partial charge on any atom is 0.315 e. The Morgan fingerprint density at radius 1 is 0.923 bits per heavy atom. The summed E-state index contributed by atoms with van der Waals surface area (Å²) < 4.78 is 5.77. The van der Waals surface area contributed by atoms with Crippen LogP contribution in [0.5, 0.6) is 11.5 Å². The minimum absolute atomic E-state index is 0.0125. The van der Waals surface area contributed by atoms with Gasteiger partial charge in [-0.05, 0) is 49.2 Å². The first kappa shape index (κ1) is 16.4. The number of para-hydroxylation sites is 1. The molecule has 6 heteroatoms. The third-order valence-corrected chi connectivity index (χ3v) is 4.50. The summed E-state index contributed by atoms with van der Waals surface area (Å²) >= 11 is 0. The fraction of sp³-hybridized carbons (Fsp3) is 0.300. The van der Waals surface area contributed by atoms with E-state index >= 15 is 0 Å². The first-order valence-corrected chi connectivity index (χ1v) is 8.88. The van der Waals surface area contributed by atoms with Crippen LogP contribution in [0.2, 0.25) is 0 Å². The van der Waals surface area contributed by atoms with E-state index in [1.165, 1.54) is 0 Å². The highest BCUT2D eigenvalue weighted by atomic mass is 16.5. The molecule has 2 aromatic rings. The molecule has 2 fully saturated rings. The summed E-state index contributed by atoms with van der Waals surface area (Å²) in [5.41, 5.74) is 0.808. The molecule has 2 aliphatic rings. The molecule has 1 saturated heterocycles. The van der Waals surface area contributed by atoms with Crippen molar-refractivity contribution in [1.29, 1.82) is 0 Å². The zero-order valence-corrected chi connectivity index (χ0v) is 14.4. The highest BCUT2D eigenvalue weighted by molar-refractivity contribution is 5.96. The average molecular weight is 351 g/mol. The van der Waals surface area contributed by atoms with Gasteiger partial charge >= 0.3 is 6.03 Å². The summed E-state index contributed by atoms with van der Waals surface area (Å²) in [6.07, 6.45) is 2.40. The Bertz CT molecular complexity index is 788. The van der Waals surface area contributed by atoms with Gasteiger partial charge in [0.05, 0.1) is 6.04 Å². The highest BCUT2D eigenvalue weighted by Gasteiger charge is 2.32. The van der Waals surface area contributed by atoms with Crippen LogP contribution in [0.1, 0.15) is 19.3 Å². The SMILES string of the molecule is O=C(NC1CC1)NC1CC(=O)N(c2ccc(Oc3ccccc3)cc2)C1. The molecule has 1 heterocycles. The molecule has 26 heavy (non-hydrogen) atoms. The van der Waals surface area contributed by atoms with E-state index in [4.69, 9.17) is 4.74 Å². The van der Waals surface area contributed by atoms with E-state index in [1.807, 2.05) is 54.6 Å². The Kier molecular flexibility index (Phi) is 4.48. The summed E-state index contributed by atoms with van der Waals surface area (Å²) in [5.74, 6) is 1.49. The van der Waals surface area contributed by atoms with E-state index in [0.29, 0.717) is 24.8 Å². The molecule has 1 aliphatic carbocycles. The van der Waals surface area contributed by atoms with Crippen molar-refractivity contribution in [3.63, 3.8) is 0 Å². The van der Waals surface area contributed by atoms with Crippen LogP contribution in [0, 0.1) is 0 Å². The molecule has 2 N–H and O–H groups in total. The van der Waals surface area contributed by atoms with E-state index in [9.17, 15) is 9.59 Å². The lowest BCUT2D eigenvalue weighted by Crippen LogP contribution is -2.44. The number of hydrogen-bond acceptors (Lipinski definition) is 3. The van der Waals surface area contributed by atoms with Crippen LogP contribution in [0.15, 0.2) is 54.6 Å². The summed E-state index contributed by atoms with van der Waals surface area (Å²) in [5, 5.41) is 5.77. The van der Waals surface area contributed by atoms with Gasteiger partial charge in [0.15, 0.2) is 0 Å². The molecule has 0 spiro atoms. The third kappa shape index (κ3) is 3.96. The maximum absolute atomic E-state index is 12.3. The number of benzene rings is 2. The van der Waals surface area contributed by atoms with Gasteiger partial charge in [0.1, 0.15) is 11.5 Å². The van der Waals surface area contributed by atoms with Crippen molar-refractivity contribution in [2.45, 2.75) is 31.3 Å². The van der Waals surface area contributed by atoms with Gasteiger partial charge in [-0.3, -0.25) is 4.79 Å². The van der Waals surface area contributed by atoms with Crippen molar-refractivity contribution < 1.29 is 14.3 Å². The number of carbonyl (C=O) groups excluding carboxylic acids is 2. The average Bonchev–Trinajstić information content (AvgIpc) is 3.37. The monoisotopic (exact) mass is 351 g/mol. The number of anilines is 1. The lowest BCUT2D eigenvalue weighted by atomic mass is 10.2. The summed E-state index contributed by atoms with van der Waals surface area (Å²) in [6, 6.07) is 16.9. The van der Waals surface area contributed by atoms with Crippen molar-refractivity contribution in [2.75, 3.05) is 11.4 Å². The molecular weight excluding hydrogens is 330 g/mol. The Labute approximate surface area is 152 Å². The lowest BCUT2D eigenvalue weighted by Gasteiger charge is -2.18. The topological polar surface area (TPSA) is 70.7 Å². The maximum atomic E-state index is 12.3. The van der Waals surface area contributed by atoms with Gasteiger partial charge in [0, 0.05) is 24.7 Å². The highest BCUT2D eigenvalue weighted by Crippen LogP contribution is 2.27. The van der Waals surface area contributed by atoms with E-state index in [-0.39, 0.29) is 18.0 Å². The fourth-order valence-corrected chi connectivity index (χ4v) is 3.01. The summed E-state index contributed by atoms with van der Waals surface area (Å²) in [6.45, 7) is 0.482. The third-order valence-electron chi connectivity index (χ3n) is 4.50. The van der Waals surface area contributed by atoms with E-state index in [1.54, 1.807) is 4.90 Å². The zero-order valence-electron chi connectivity index (χ0n) is 14.4. The molecule has 6 nitrogen and oxygen atoms in total. The van der Waals surface area contributed by atoms with Crippen molar-refractivity contribution >= 4 is 17.6 Å². The molecule has 2 aromatic carbocycles. The van der Waals surface area contributed by atoms with Gasteiger partial charge in [-0.1, -0.05) is 18.2 Å². The Hall–Kier alpha value is -3.02. The van der Waals surface area contributed by atoms with Crippen LogP contribution < -0.4 is 20.3 Å². The second-order valence-electron chi connectivity index (χ2n) is 6.71. The number of ether oxygens (including phenoxy) is 1. The molecule has 3 amide bonds. The minimum Gasteiger partial charge on any atom is -0.457 e. The van der Waals surface area contributed by atoms with Crippen LogP contribution in [0.25, 0.3) is 0 Å². The number of urea groups is 1. The normalized spacial score (nSPS) is 19.3. The van der Waals surface area contributed by atoms with Gasteiger partial charge in [0.2, 0.25) is 5.91 Å². The van der Waals surface area contributed by atoms with Crippen LogP contribution >= 0.6 is 0 Å². The number of rotatable bonds is 5. The molecular formula is C20H21N3O3. The summed E-state index contributed by atoms with van der Waals surface area (Å²) in [7, 11) is 0. The van der Waals surface area contributed by atoms with E-state index in [2.05, 4.69) is 10.6 Å². The fourth-order valence-electron chi connectivity index (χ4n) is 3.01. The summed E-state index contributed by atoms with van der Waals surface area (Å²) in [4.78, 5) is 25.9. The number of hydrogen-bond donors (Lipinski definition) is 2. The number of carbonyl (C=O) groups is 2. The molecule has 1 atom stereocenters. The van der Waals surface area contributed by atoms with Gasteiger partial charge in [-0.25, -0.2) is 4.79 Å². The van der Waals surface area contributed by atoms with Crippen LogP contribution in [-0.4, -0.2) is 30.6 Å². The van der Waals surface area contributed by atoms with Gasteiger partial charge in [0.25, 0.3) is 0 Å². The molecule has 1 saturated carbocycles. The van der Waals surface area contributed by atoms with E-state index in [0.717, 1.165) is 24.3 Å². The molecule has 134 valence electrons. The molecule has 0 bridgehead atoms. The molecule has 1 unspecified atom stereocenters. The Balaban J connectivity index is 1.36. The largest absolute Gasteiger partial charge is 0.457 e. The first-order valence-electron chi connectivity index (χ1n) is 8.88.